The third-order valence-electron chi connectivity index (χ3n) is 4.29. The molecule has 138 valence electrons. The molecule has 0 bridgehead atoms. The summed E-state index contributed by atoms with van der Waals surface area (Å²) in [4.78, 5) is 32.0. The maximum Gasteiger partial charge on any atom is 0.322 e. The van der Waals surface area contributed by atoms with Crippen LogP contribution in [0.5, 0.6) is 0 Å². The Morgan fingerprint density at radius 1 is 1.22 bits per heavy atom. The number of fused-ring (bicyclic) bond motifs is 1. The minimum Gasteiger partial charge on any atom is -0.319 e. The molecule has 2 N–H and O–H groups in total. The standard InChI is InChI=1S/C19H18N4O2S2/c1-12-3-2-4-14(9-12)20-19(25)23-7-5-15-16(10-23)27-18(21-15)22-17(24)13-6-8-26-11-13/h2-4,6,8-9,11H,5,7,10H2,1H3,(H,20,25)(H,21,22,24). The molecule has 1 aliphatic heterocycles. The molecule has 8 heteroatoms. The molecule has 6 nitrogen and oxygen atoms in total. The number of hydrogen-bond donors (Lipinski definition) is 2. The van der Waals surface area contributed by atoms with E-state index in [4.69, 9.17) is 0 Å². The third kappa shape index (κ3) is 4.01. The van der Waals surface area contributed by atoms with Gasteiger partial charge in [-0.2, -0.15) is 11.3 Å². The van der Waals surface area contributed by atoms with Gasteiger partial charge in [-0.05, 0) is 36.1 Å². The first-order valence-corrected chi connectivity index (χ1v) is 10.3. The van der Waals surface area contributed by atoms with Crippen LogP contribution in [-0.4, -0.2) is 28.4 Å². The summed E-state index contributed by atoms with van der Waals surface area (Å²) in [7, 11) is 0. The van der Waals surface area contributed by atoms with E-state index in [2.05, 4.69) is 15.6 Å². The number of benzene rings is 1. The van der Waals surface area contributed by atoms with Crippen molar-refractivity contribution in [3.05, 3.63) is 62.8 Å². The quantitative estimate of drug-likeness (QED) is 0.689. The Morgan fingerprint density at radius 3 is 2.89 bits per heavy atom. The molecule has 0 spiro atoms. The Hall–Kier alpha value is -2.71. The zero-order valence-electron chi connectivity index (χ0n) is 14.7. The van der Waals surface area contributed by atoms with E-state index in [9.17, 15) is 9.59 Å². The summed E-state index contributed by atoms with van der Waals surface area (Å²) < 4.78 is 0. The van der Waals surface area contributed by atoms with Gasteiger partial charge in [-0.25, -0.2) is 9.78 Å². The van der Waals surface area contributed by atoms with Crippen LogP contribution in [0.25, 0.3) is 0 Å². The lowest BCUT2D eigenvalue weighted by atomic mass is 10.2. The second-order valence-electron chi connectivity index (χ2n) is 6.33. The average Bonchev–Trinajstić information content (AvgIpc) is 3.30. The lowest BCUT2D eigenvalue weighted by molar-refractivity contribution is 0.102. The first kappa shape index (κ1) is 17.7. The molecular formula is C19H18N4O2S2. The van der Waals surface area contributed by atoms with E-state index in [-0.39, 0.29) is 11.9 Å². The summed E-state index contributed by atoms with van der Waals surface area (Å²) in [6.45, 7) is 3.09. The average molecular weight is 399 g/mol. The van der Waals surface area contributed by atoms with E-state index in [1.54, 1.807) is 16.3 Å². The minimum absolute atomic E-state index is 0.122. The van der Waals surface area contributed by atoms with E-state index in [1.807, 2.05) is 36.6 Å². The fraction of sp³-hybridized carbons (Fsp3) is 0.211. The SMILES string of the molecule is Cc1cccc(NC(=O)N2CCc3nc(NC(=O)c4ccsc4)sc3C2)c1. The molecule has 0 radical (unpaired) electrons. The maximum atomic E-state index is 12.6. The predicted molar refractivity (Wildman–Crippen MR) is 109 cm³/mol. The molecule has 3 aromatic rings. The number of thiophene rings is 1. The Morgan fingerprint density at radius 2 is 2.11 bits per heavy atom. The van der Waals surface area contributed by atoms with Crippen molar-refractivity contribution in [3.8, 4) is 0 Å². The van der Waals surface area contributed by atoms with Crippen LogP contribution in [0.2, 0.25) is 0 Å². The van der Waals surface area contributed by atoms with Crippen molar-refractivity contribution in [2.24, 2.45) is 0 Å². The largest absolute Gasteiger partial charge is 0.322 e. The van der Waals surface area contributed by atoms with Gasteiger partial charge in [0.1, 0.15) is 0 Å². The van der Waals surface area contributed by atoms with Crippen molar-refractivity contribution in [2.75, 3.05) is 17.2 Å². The molecule has 3 heterocycles. The molecule has 4 rings (SSSR count). The van der Waals surface area contributed by atoms with Crippen molar-refractivity contribution >= 4 is 45.4 Å². The zero-order chi connectivity index (χ0) is 18.8. The van der Waals surface area contributed by atoms with Gasteiger partial charge in [0.2, 0.25) is 0 Å². The van der Waals surface area contributed by atoms with Crippen LogP contribution >= 0.6 is 22.7 Å². The van der Waals surface area contributed by atoms with Crippen molar-refractivity contribution < 1.29 is 9.59 Å². The maximum absolute atomic E-state index is 12.6. The van der Waals surface area contributed by atoms with Gasteiger partial charge in [-0.3, -0.25) is 10.1 Å². The molecule has 0 saturated heterocycles. The van der Waals surface area contributed by atoms with Crippen LogP contribution in [0.3, 0.4) is 0 Å². The molecule has 1 aliphatic rings. The lowest BCUT2D eigenvalue weighted by Crippen LogP contribution is -2.38. The summed E-state index contributed by atoms with van der Waals surface area (Å²) >= 11 is 2.91. The molecule has 1 aromatic carbocycles. The number of aromatic nitrogens is 1. The molecule has 0 aliphatic carbocycles. The number of anilines is 2. The minimum atomic E-state index is -0.156. The van der Waals surface area contributed by atoms with Crippen molar-refractivity contribution in [3.63, 3.8) is 0 Å². The Bertz CT molecular complexity index is 982. The smallest absolute Gasteiger partial charge is 0.319 e. The molecule has 0 atom stereocenters. The highest BCUT2D eigenvalue weighted by atomic mass is 32.1. The Labute approximate surface area is 164 Å². The predicted octanol–water partition coefficient (Wildman–Crippen LogP) is 4.36. The number of hydrogen-bond acceptors (Lipinski definition) is 5. The number of amides is 3. The van der Waals surface area contributed by atoms with Crippen LogP contribution < -0.4 is 10.6 Å². The number of thiazole rings is 1. The van der Waals surface area contributed by atoms with Gasteiger partial charge in [-0.15, -0.1) is 0 Å². The van der Waals surface area contributed by atoms with E-state index < -0.39 is 0 Å². The molecule has 3 amide bonds. The van der Waals surface area contributed by atoms with Gasteiger partial charge in [0.15, 0.2) is 5.13 Å². The zero-order valence-corrected chi connectivity index (χ0v) is 16.3. The highest BCUT2D eigenvalue weighted by Crippen LogP contribution is 2.29. The Kier molecular flexibility index (Phi) is 4.91. The van der Waals surface area contributed by atoms with E-state index in [0.717, 1.165) is 21.8 Å². The van der Waals surface area contributed by atoms with Crippen LogP contribution in [0.1, 0.15) is 26.5 Å². The highest BCUT2D eigenvalue weighted by Gasteiger charge is 2.24. The monoisotopic (exact) mass is 398 g/mol. The second kappa shape index (κ2) is 7.50. The van der Waals surface area contributed by atoms with Crippen molar-refractivity contribution in [1.29, 1.82) is 0 Å². The summed E-state index contributed by atoms with van der Waals surface area (Å²) in [6, 6.07) is 9.40. The number of aryl methyl sites for hydroxylation is 1. The first-order valence-electron chi connectivity index (χ1n) is 8.53. The molecule has 0 unspecified atom stereocenters. The highest BCUT2D eigenvalue weighted by molar-refractivity contribution is 7.16. The molecule has 27 heavy (non-hydrogen) atoms. The molecule has 0 saturated carbocycles. The normalized spacial score (nSPS) is 13.1. The van der Waals surface area contributed by atoms with Crippen molar-refractivity contribution in [1.82, 2.24) is 9.88 Å². The number of carbonyl (C=O) groups is 2. The third-order valence-corrected chi connectivity index (χ3v) is 5.97. The molecule has 2 aromatic heterocycles. The van der Waals surface area contributed by atoms with Gasteiger partial charge in [0.25, 0.3) is 5.91 Å². The summed E-state index contributed by atoms with van der Waals surface area (Å²) in [5, 5.41) is 10.0. The van der Waals surface area contributed by atoms with Crippen LogP contribution in [0, 0.1) is 6.92 Å². The first-order chi connectivity index (χ1) is 13.1. The van der Waals surface area contributed by atoms with Crippen LogP contribution in [0.15, 0.2) is 41.1 Å². The molecule has 0 fully saturated rings. The van der Waals surface area contributed by atoms with Gasteiger partial charge in [-0.1, -0.05) is 23.5 Å². The molecular weight excluding hydrogens is 380 g/mol. The number of nitrogens with zero attached hydrogens (tertiary/aromatic N) is 2. The van der Waals surface area contributed by atoms with Gasteiger partial charge in [0, 0.05) is 28.9 Å². The summed E-state index contributed by atoms with van der Waals surface area (Å²) in [5.74, 6) is -0.156. The summed E-state index contributed by atoms with van der Waals surface area (Å²) in [5.41, 5.74) is 3.48. The van der Waals surface area contributed by atoms with Gasteiger partial charge < -0.3 is 10.2 Å². The van der Waals surface area contributed by atoms with Crippen LogP contribution in [-0.2, 0) is 13.0 Å². The fourth-order valence-corrected chi connectivity index (χ4v) is 4.57. The number of urea groups is 1. The van der Waals surface area contributed by atoms with Crippen molar-refractivity contribution in [2.45, 2.75) is 19.9 Å². The lowest BCUT2D eigenvalue weighted by Gasteiger charge is -2.26. The topological polar surface area (TPSA) is 74.3 Å². The number of carbonyl (C=O) groups excluding carboxylic acids is 2. The Balaban J connectivity index is 1.41. The van der Waals surface area contributed by atoms with E-state index in [0.29, 0.717) is 30.2 Å². The number of nitrogens with one attached hydrogen (secondary N) is 2. The fourth-order valence-electron chi connectivity index (χ4n) is 2.91. The van der Waals surface area contributed by atoms with Gasteiger partial charge >= 0.3 is 6.03 Å². The van der Waals surface area contributed by atoms with E-state index in [1.165, 1.54) is 22.7 Å². The summed E-state index contributed by atoms with van der Waals surface area (Å²) in [6.07, 6.45) is 0.682. The van der Waals surface area contributed by atoms with Crippen LogP contribution in [0.4, 0.5) is 15.6 Å². The van der Waals surface area contributed by atoms with Gasteiger partial charge in [0.05, 0.1) is 17.8 Å². The second-order valence-corrected chi connectivity index (χ2v) is 8.19. The number of rotatable bonds is 3. The van der Waals surface area contributed by atoms with E-state index >= 15 is 0 Å².